The van der Waals surface area contributed by atoms with Gasteiger partial charge < -0.3 is 19.8 Å². The fourth-order valence-corrected chi connectivity index (χ4v) is 3.06. The van der Waals surface area contributed by atoms with Crippen molar-refractivity contribution in [3.8, 4) is 0 Å². The van der Waals surface area contributed by atoms with E-state index in [2.05, 4.69) is 10.3 Å². The second kappa shape index (κ2) is 8.69. The number of benzene rings is 1. The molecule has 0 aliphatic heterocycles. The van der Waals surface area contributed by atoms with E-state index in [1.165, 1.54) is 6.92 Å². The first-order valence-corrected chi connectivity index (χ1v) is 9.00. The number of aryl methyl sites for hydroxylation is 1. The van der Waals surface area contributed by atoms with Crippen LogP contribution >= 0.6 is 0 Å². The Kier molecular flexibility index (Phi) is 6.56. The van der Waals surface area contributed by atoms with Crippen LogP contribution in [0.4, 0.5) is 0 Å². The third-order valence-corrected chi connectivity index (χ3v) is 4.30. The molecule has 2 N–H and O–H groups in total. The van der Waals surface area contributed by atoms with Gasteiger partial charge in [-0.1, -0.05) is 12.1 Å². The van der Waals surface area contributed by atoms with Crippen LogP contribution in [0.3, 0.4) is 0 Å². The summed E-state index contributed by atoms with van der Waals surface area (Å²) < 4.78 is 10.1. The molecule has 0 unspecified atom stereocenters. The first-order chi connectivity index (χ1) is 13.3. The number of carbonyl (C=O) groups is 3. The highest BCUT2D eigenvalue weighted by molar-refractivity contribution is 6.08. The molecule has 0 spiro atoms. The summed E-state index contributed by atoms with van der Waals surface area (Å²) in [5.74, 6) is -2.58. The smallest absolute Gasteiger partial charge is 0.344 e. The second-order valence-electron chi connectivity index (χ2n) is 6.31. The number of pyridine rings is 1. The van der Waals surface area contributed by atoms with Gasteiger partial charge in [-0.15, -0.1) is 0 Å². The van der Waals surface area contributed by atoms with Crippen LogP contribution in [-0.2, 0) is 30.3 Å². The molecular formula is C20H24N2O6. The Morgan fingerprint density at radius 3 is 2.18 bits per heavy atom. The predicted octanol–water partition coefficient (Wildman–Crippen LogP) is 1.38. The maximum Gasteiger partial charge on any atom is 0.344 e. The standard InChI is InChI=1S/C20H24N2O6/c1-5-27-18(25)20(22-13(4)23,19(26)28-6-2)11-15-12(3)21-16-10-8-7-9-14(16)17(15)24/h7-10H,5-6,11H2,1-4H3,(H,21,24)(H,22,23). The monoisotopic (exact) mass is 388 g/mol. The number of hydrogen-bond acceptors (Lipinski definition) is 6. The number of aromatic nitrogens is 1. The molecule has 0 saturated heterocycles. The van der Waals surface area contributed by atoms with Crippen molar-refractivity contribution < 1.29 is 23.9 Å². The number of carbonyl (C=O) groups excluding carboxylic acids is 3. The van der Waals surface area contributed by atoms with Gasteiger partial charge in [-0.05, 0) is 32.9 Å². The van der Waals surface area contributed by atoms with Crippen LogP contribution in [0.25, 0.3) is 10.9 Å². The maximum absolute atomic E-state index is 13.0. The van der Waals surface area contributed by atoms with Crippen molar-refractivity contribution >= 4 is 28.7 Å². The summed E-state index contributed by atoms with van der Waals surface area (Å²) in [4.78, 5) is 53.5. The van der Waals surface area contributed by atoms with Crippen LogP contribution in [-0.4, -0.2) is 41.6 Å². The molecule has 8 heteroatoms. The van der Waals surface area contributed by atoms with Crippen molar-refractivity contribution in [2.24, 2.45) is 0 Å². The molecule has 0 fully saturated rings. The van der Waals surface area contributed by atoms with Crippen LogP contribution in [0, 0.1) is 6.92 Å². The molecule has 2 aromatic rings. The molecule has 1 aromatic heterocycles. The van der Waals surface area contributed by atoms with Crippen LogP contribution < -0.4 is 10.7 Å². The van der Waals surface area contributed by atoms with E-state index < -0.39 is 29.8 Å². The number of para-hydroxylation sites is 1. The molecule has 0 saturated carbocycles. The number of rotatable bonds is 7. The number of hydrogen-bond donors (Lipinski definition) is 2. The molecule has 0 bridgehead atoms. The molecular weight excluding hydrogens is 364 g/mol. The molecule has 1 amide bonds. The minimum Gasteiger partial charge on any atom is -0.464 e. The summed E-state index contributed by atoms with van der Waals surface area (Å²) in [7, 11) is 0. The van der Waals surface area contributed by atoms with Crippen LogP contribution in [0.5, 0.6) is 0 Å². The fourth-order valence-electron chi connectivity index (χ4n) is 3.06. The number of aromatic amines is 1. The Morgan fingerprint density at radius 1 is 1.07 bits per heavy atom. The number of ether oxygens (including phenoxy) is 2. The number of H-pyrrole nitrogens is 1. The van der Waals surface area contributed by atoms with Crippen LogP contribution in [0.1, 0.15) is 32.0 Å². The summed E-state index contributed by atoms with van der Waals surface area (Å²) in [5.41, 5.74) is -1.19. The highest BCUT2D eigenvalue weighted by Gasteiger charge is 2.51. The molecule has 150 valence electrons. The summed E-state index contributed by atoms with van der Waals surface area (Å²) in [6, 6.07) is 6.90. The van der Waals surface area contributed by atoms with Crippen LogP contribution in [0.15, 0.2) is 29.1 Å². The van der Waals surface area contributed by atoms with E-state index in [1.807, 2.05) is 0 Å². The van der Waals surface area contributed by atoms with Gasteiger partial charge in [0.15, 0.2) is 5.43 Å². The van der Waals surface area contributed by atoms with Crippen molar-refractivity contribution in [3.63, 3.8) is 0 Å². The number of nitrogens with one attached hydrogen (secondary N) is 2. The Hall–Kier alpha value is -3.16. The highest BCUT2D eigenvalue weighted by Crippen LogP contribution is 2.20. The summed E-state index contributed by atoms with van der Waals surface area (Å²) in [6.07, 6.45) is -0.393. The molecule has 2 rings (SSSR count). The lowest BCUT2D eigenvalue weighted by molar-refractivity contribution is -0.168. The number of esters is 2. The third kappa shape index (κ3) is 4.05. The van der Waals surface area contributed by atoms with Crippen molar-refractivity contribution in [2.45, 2.75) is 39.7 Å². The lowest BCUT2D eigenvalue weighted by atomic mass is 9.88. The number of amides is 1. The Morgan fingerprint density at radius 2 is 1.64 bits per heavy atom. The molecule has 0 atom stereocenters. The SMILES string of the molecule is CCOC(=O)C(Cc1c(C)[nH]c2ccccc2c1=O)(NC(C)=O)C(=O)OCC. The summed E-state index contributed by atoms with van der Waals surface area (Å²) in [5, 5.41) is 2.78. The maximum atomic E-state index is 13.0. The first-order valence-electron chi connectivity index (χ1n) is 9.00. The Balaban J connectivity index is 2.69. The first kappa shape index (κ1) is 21.1. The zero-order valence-electron chi connectivity index (χ0n) is 16.4. The summed E-state index contributed by atoms with van der Waals surface area (Å²) in [6.45, 7) is 5.98. The molecule has 0 aliphatic carbocycles. The largest absolute Gasteiger partial charge is 0.464 e. The number of fused-ring (bicyclic) bond motifs is 1. The normalized spacial score (nSPS) is 11.1. The minimum absolute atomic E-state index is 0.00731. The molecule has 8 nitrogen and oxygen atoms in total. The lowest BCUT2D eigenvalue weighted by Gasteiger charge is -2.30. The Labute approximate surface area is 162 Å². The van der Waals surface area contributed by atoms with E-state index in [9.17, 15) is 19.2 Å². The van der Waals surface area contributed by atoms with E-state index in [0.717, 1.165) is 0 Å². The minimum atomic E-state index is -2.15. The Bertz CT molecular complexity index is 945. The zero-order chi connectivity index (χ0) is 20.9. The molecule has 28 heavy (non-hydrogen) atoms. The van der Waals surface area contributed by atoms with E-state index in [4.69, 9.17) is 9.47 Å². The van der Waals surface area contributed by atoms with Gasteiger partial charge in [-0.25, -0.2) is 9.59 Å². The van der Waals surface area contributed by atoms with Gasteiger partial charge in [-0.2, -0.15) is 0 Å². The van der Waals surface area contributed by atoms with E-state index >= 15 is 0 Å². The van der Waals surface area contributed by atoms with Gasteiger partial charge in [0, 0.05) is 35.5 Å². The van der Waals surface area contributed by atoms with Gasteiger partial charge >= 0.3 is 11.9 Å². The van der Waals surface area contributed by atoms with E-state index in [1.54, 1.807) is 45.0 Å². The van der Waals surface area contributed by atoms with Crippen molar-refractivity contribution in [1.82, 2.24) is 10.3 Å². The quantitative estimate of drug-likeness (QED) is 0.547. The second-order valence-corrected chi connectivity index (χ2v) is 6.31. The third-order valence-electron chi connectivity index (χ3n) is 4.30. The van der Waals surface area contributed by atoms with Gasteiger partial charge in [0.25, 0.3) is 0 Å². The van der Waals surface area contributed by atoms with Crippen molar-refractivity contribution in [2.75, 3.05) is 13.2 Å². The van der Waals surface area contributed by atoms with Gasteiger partial charge in [0.2, 0.25) is 11.4 Å². The molecule has 0 radical (unpaired) electrons. The average Bonchev–Trinajstić information content (AvgIpc) is 2.64. The highest BCUT2D eigenvalue weighted by atomic mass is 16.6. The summed E-state index contributed by atoms with van der Waals surface area (Å²) >= 11 is 0. The van der Waals surface area contributed by atoms with Crippen LogP contribution in [0.2, 0.25) is 0 Å². The van der Waals surface area contributed by atoms with Gasteiger partial charge in [-0.3, -0.25) is 9.59 Å². The zero-order valence-corrected chi connectivity index (χ0v) is 16.4. The topological polar surface area (TPSA) is 115 Å². The molecule has 1 aromatic carbocycles. The van der Waals surface area contributed by atoms with E-state index in [0.29, 0.717) is 16.6 Å². The fraction of sp³-hybridized carbons (Fsp3) is 0.400. The van der Waals surface area contributed by atoms with Crippen molar-refractivity contribution in [1.29, 1.82) is 0 Å². The van der Waals surface area contributed by atoms with Gasteiger partial charge in [0.05, 0.1) is 13.2 Å². The van der Waals surface area contributed by atoms with Gasteiger partial charge in [0.1, 0.15) is 0 Å². The van der Waals surface area contributed by atoms with E-state index in [-0.39, 0.29) is 24.2 Å². The lowest BCUT2D eigenvalue weighted by Crippen LogP contribution is -2.63. The van der Waals surface area contributed by atoms with Crippen molar-refractivity contribution in [3.05, 3.63) is 45.7 Å². The predicted molar refractivity (Wildman–Crippen MR) is 103 cm³/mol. The molecule has 1 heterocycles. The average molecular weight is 388 g/mol. The molecule has 0 aliphatic rings.